The van der Waals surface area contributed by atoms with Crippen LogP contribution in [-0.4, -0.2) is 10.9 Å². The number of carbonyl (C=O) groups is 1. The summed E-state index contributed by atoms with van der Waals surface area (Å²) in [5.74, 6) is -0.683. The summed E-state index contributed by atoms with van der Waals surface area (Å²) in [6.45, 7) is 1.41. The molecule has 5 heteroatoms. The predicted octanol–water partition coefficient (Wildman–Crippen LogP) is 1.77. The van der Waals surface area contributed by atoms with Gasteiger partial charge in [0.1, 0.15) is 5.75 Å². The van der Waals surface area contributed by atoms with E-state index in [9.17, 15) is 14.9 Å². The highest BCUT2D eigenvalue weighted by molar-refractivity contribution is 5.87. The van der Waals surface area contributed by atoms with Gasteiger partial charge in [0, 0.05) is 0 Å². The van der Waals surface area contributed by atoms with Crippen LogP contribution in [0.5, 0.6) is 5.75 Å². The minimum Gasteiger partial charge on any atom is -0.418 e. The van der Waals surface area contributed by atoms with Crippen molar-refractivity contribution in [3.05, 3.63) is 52.2 Å². The number of para-hydroxylation sites is 1. The minimum absolute atomic E-state index is 0.281. The molecule has 0 saturated heterocycles. The maximum absolute atomic E-state index is 11.3. The number of ether oxygens (including phenoxy) is 1. The topological polar surface area (TPSA) is 69.4 Å². The van der Waals surface area contributed by atoms with Gasteiger partial charge in [0.25, 0.3) is 0 Å². The molecule has 5 nitrogen and oxygen atoms in total. The van der Waals surface area contributed by atoms with Crippen molar-refractivity contribution in [3.63, 3.8) is 0 Å². The van der Waals surface area contributed by atoms with E-state index in [0.29, 0.717) is 0 Å². The van der Waals surface area contributed by atoms with E-state index in [1.165, 1.54) is 6.92 Å². The average molecular weight is 207 g/mol. The van der Waals surface area contributed by atoms with Crippen LogP contribution in [0.3, 0.4) is 0 Å². The van der Waals surface area contributed by atoms with Gasteiger partial charge in [-0.05, 0) is 25.1 Å². The van der Waals surface area contributed by atoms with Gasteiger partial charge in [-0.1, -0.05) is 18.2 Å². The fourth-order valence-electron chi connectivity index (χ4n) is 0.946. The molecule has 1 rings (SSSR count). The average Bonchev–Trinajstić information content (AvgIpc) is 2.19. The van der Waals surface area contributed by atoms with Gasteiger partial charge in [0.05, 0.1) is 4.92 Å². The molecule has 0 aliphatic carbocycles. The lowest BCUT2D eigenvalue weighted by Crippen LogP contribution is -2.17. The van der Waals surface area contributed by atoms with Gasteiger partial charge >= 0.3 is 11.7 Å². The Hall–Kier alpha value is -2.17. The van der Waals surface area contributed by atoms with Gasteiger partial charge in [-0.15, -0.1) is 0 Å². The Balaban J connectivity index is 2.76. The van der Waals surface area contributed by atoms with Crippen LogP contribution < -0.4 is 4.74 Å². The quantitative estimate of drug-likeness (QED) is 0.249. The van der Waals surface area contributed by atoms with Crippen LogP contribution in [-0.2, 0) is 4.79 Å². The van der Waals surface area contributed by atoms with Gasteiger partial charge < -0.3 is 4.74 Å². The third-order valence-corrected chi connectivity index (χ3v) is 1.63. The number of esters is 1. The summed E-state index contributed by atoms with van der Waals surface area (Å²) in [5, 5.41) is 10.4. The molecule has 1 aromatic rings. The van der Waals surface area contributed by atoms with E-state index in [4.69, 9.17) is 4.74 Å². The molecule has 0 aliphatic heterocycles. The molecule has 0 unspecified atom stereocenters. The Morgan fingerprint density at radius 3 is 2.47 bits per heavy atom. The zero-order valence-electron chi connectivity index (χ0n) is 8.04. The number of nitrogens with zero attached hydrogens (tertiary/aromatic N) is 1. The summed E-state index contributed by atoms with van der Waals surface area (Å²) >= 11 is 0. The number of hydrogen-bond acceptors (Lipinski definition) is 4. The summed E-state index contributed by atoms with van der Waals surface area (Å²) in [6.07, 6.45) is 1.10. The van der Waals surface area contributed by atoms with E-state index in [0.717, 1.165) is 6.08 Å². The maximum Gasteiger partial charge on any atom is 0.414 e. The van der Waals surface area contributed by atoms with Crippen molar-refractivity contribution in [3.8, 4) is 5.75 Å². The lowest BCUT2D eigenvalue weighted by Gasteiger charge is -2.00. The number of nitro groups is 1. The Kier molecular flexibility index (Phi) is 3.56. The molecule has 0 N–H and O–H groups in total. The molecule has 0 amide bonds. The van der Waals surface area contributed by atoms with Crippen molar-refractivity contribution in [2.24, 2.45) is 0 Å². The van der Waals surface area contributed by atoms with E-state index in [2.05, 4.69) is 0 Å². The minimum atomic E-state index is -0.964. The fourth-order valence-corrected chi connectivity index (χ4v) is 0.946. The molecule has 0 fully saturated rings. The fraction of sp³-hybridized carbons (Fsp3) is 0.100. The van der Waals surface area contributed by atoms with Crippen LogP contribution >= 0.6 is 0 Å². The van der Waals surface area contributed by atoms with E-state index < -0.39 is 16.6 Å². The molecule has 0 aromatic heterocycles. The zero-order valence-corrected chi connectivity index (χ0v) is 8.04. The van der Waals surface area contributed by atoms with Gasteiger partial charge in [-0.25, -0.2) is 4.79 Å². The van der Waals surface area contributed by atoms with E-state index >= 15 is 0 Å². The van der Waals surface area contributed by atoms with Crippen LogP contribution in [0.15, 0.2) is 42.1 Å². The summed E-state index contributed by atoms with van der Waals surface area (Å²) < 4.78 is 4.78. The zero-order chi connectivity index (χ0) is 11.3. The molecule has 0 bridgehead atoms. The molecule has 0 heterocycles. The van der Waals surface area contributed by atoms with Crippen molar-refractivity contribution in [1.29, 1.82) is 0 Å². The summed E-state index contributed by atoms with van der Waals surface area (Å²) in [7, 11) is 0. The van der Waals surface area contributed by atoms with Gasteiger partial charge in [0.2, 0.25) is 0 Å². The molecule has 0 saturated carbocycles. The molecular formula is C10H9NO4. The molecule has 1 aromatic carbocycles. The third-order valence-electron chi connectivity index (χ3n) is 1.63. The Bertz CT molecular complexity index is 397. The van der Waals surface area contributed by atoms with E-state index in [1.54, 1.807) is 30.3 Å². The van der Waals surface area contributed by atoms with E-state index in [1.807, 2.05) is 0 Å². The third kappa shape index (κ3) is 2.91. The van der Waals surface area contributed by atoms with Crippen LogP contribution in [0.4, 0.5) is 0 Å². The second-order valence-electron chi connectivity index (χ2n) is 2.63. The Morgan fingerprint density at radius 2 is 2.00 bits per heavy atom. The molecule has 0 radical (unpaired) electrons. The predicted molar refractivity (Wildman–Crippen MR) is 52.8 cm³/mol. The molecule has 0 spiro atoms. The second kappa shape index (κ2) is 4.90. The second-order valence-corrected chi connectivity index (χ2v) is 2.63. The van der Waals surface area contributed by atoms with Crippen LogP contribution in [0.1, 0.15) is 6.92 Å². The Morgan fingerprint density at radius 1 is 1.40 bits per heavy atom. The molecule has 0 atom stereocenters. The van der Waals surface area contributed by atoms with Gasteiger partial charge in [0.15, 0.2) is 0 Å². The lowest BCUT2D eigenvalue weighted by molar-refractivity contribution is -0.420. The first kappa shape index (κ1) is 10.9. The number of benzene rings is 1. The van der Waals surface area contributed by atoms with Gasteiger partial charge in [-0.3, -0.25) is 10.1 Å². The first-order chi connectivity index (χ1) is 7.15. The smallest absolute Gasteiger partial charge is 0.414 e. The highest BCUT2D eigenvalue weighted by Gasteiger charge is 2.22. The number of rotatable bonds is 3. The summed E-state index contributed by atoms with van der Waals surface area (Å²) in [6, 6.07) is 8.19. The Labute approximate surface area is 86.1 Å². The lowest BCUT2D eigenvalue weighted by atomic mass is 10.3. The molecule has 0 aliphatic rings. The van der Waals surface area contributed by atoms with Crippen molar-refractivity contribution in [2.75, 3.05) is 0 Å². The van der Waals surface area contributed by atoms with Crippen molar-refractivity contribution >= 4 is 5.97 Å². The van der Waals surface area contributed by atoms with E-state index in [-0.39, 0.29) is 5.75 Å². The first-order valence-corrected chi connectivity index (χ1v) is 4.23. The molecule has 15 heavy (non-hydrogen) atoms. The normalized spacial score (nSPS) is 10.9. The van der Waals surface area contributed by atoms with Crippen molar-refractivity contribution in [2.45, 2.75) is 6.92 Å². The number of hydrogen-bond donors (Lipinski definition) is 0. The number of carbonyl (C=O) groups excluding carboxylic acids is 1. The van der Waals surface area contributed by atoms with Crippen LogP contribution in [0.25, 0.3) is 0 Å². The summed E-state index contributed by atoms with van der Waals surface area (Å²) in [4.78, 5) is 20.9. The standard InChI is InChI=1S/C10H9NO4/c1-2-9(11(13)14)10(12)15-8-6-4-3-5-7-8/h2-7H,1H3. The SMILES string of the molecule is CC=C(C(=O)Oc1ccccc1)[N+](=O)[O-]. The van der Waals surface area contributed by atoms with Crippen LogP contribution in [0.2, 0.25) is 0 Å². The summed E-state index contributed by atoms with van der Waals surface area (Å²) in [5.41, 5.74) is -0.571. The molecule has 78 valence electrons. The highest BCUT2D eigenvalue weighted by atomic mass is 16.6. The van der Waals surface area contributed by atoms with Crippen LogP contribution in [0, 0.1) is 10.1 Å². The van der Waals surface area contributed by atoms with Crippen molar-refractivity contribution in [1.82, 2.24) is 0 Å². The van der Waals surface area contributed by atoms with Crippen molar-refractivity contribution < 1.29 is 14.5 Å². The largest absolute Gasteiger partial charge is 0.418 e. The molecular weight excluding hydrogens is 198 g/mol. The monoisotopic (exact) mass is 207 g/mol. The van der Waals surface area contributed by atoms with Gasteiger partial charge in [-0.2, -0.15) is 0 Å². The highest BCUT2D eigenvalue weighted by Crippen LogP contribution is 2.10. The first-order valence-electron chi connectivity index (χ1n) is 4.23. The maximum atomic E-state index is 11.3. The number of allylic oxidation sites excluding steroid dienone is 1.